The van der Waals surface area contributed by atoms with Crippen molar-refractivity contribution in [3.05, 3.63) is 119 Å². The number of carbonyl (C=O) groups excluding carboxylic acids is 1. The lowest BCUT2D eigenvalue weighted by molar-refractivity contribution is 0.0696. The molecule has 6 rings (SSSR count). The molecular formula is C30H22N4O3S. The molecule has 2 N–H and O–H groups in total. The summed E-state index contributed by atoms with van der Waals surface area (Å²) in [7, 11) is 0. The van der Waals surface area contributed by atoms with Crippen molar-refractivity contribution >= 4 is 45.0 Å². The molecule has 6 aromatic rings. The van der Waals surface area contributed by atoms with Crippen LogP contribution < -0.4 is 5.32 Å². The highest BCUT2D eigenvalue weighted by Gasteiger charge is 2.19. The van der Waals surface area contributed by atoms with Gasteiger partial charge in [0.25, 0.3) is 5.91 Å². The largest absolute Gasteiger partial charge is 0.478 e. The summed E-state index contributed by atoms with van der Waals surface area (Å²) in [6.07, 6.45) is 0. The second kappa shape index (κ2) is 9.91. The Morgan fingerprint density at radius 1 is 0.868 bits per heavy atom. The molecule has 0 saturated heterocycles. The highest BCUT2D eigenvalue weighted by molar-refractivity contribution is 7.13. The van der Waals surface area contributed by atoms with Crippen LogP contribution in [0.4, 0.5) is 0 Å². The van der Waals surface area contributed by atoms with E-state index in [1.807, 2.05) is 41.8 Å². The Morgan fingerprint density at radius 3 is 2.42 bits per heavy atom. The number of carboxylic acids is 1. The van der Waals surface area contributed by atoms with Crippen LogP contribution in [0, 0.1) is 0 Å². The molecule has 186 valence electrons. The predicted molar refractivity (Wildman–Crippen MR) is 148 cm³/mol. The first-order valence-corrected chi connectivity index (χ1v) is 12.9. The molecule has 0 atom stereocenters. The first kappa shape index (κ1) is 23.6. The molecule has 4 aromatic carbocycles. The van der Waals surface area contributed by atoms with Crippen LogP contribution in [-0.2, 0) is 13.1 Å². The summed E-state index contributed by atoms with van der Waals surface area (Å²) in [5.41, 5.74) is 4.76. The summed E-state index contributed by atoms with van der Waals surface area (Å²) in [5, 5.41) is 25.2. The Balaban J connectivity index is 1.35. The Hall–Kier alpha value is -4.82. The van der Waals surface area contributed by atoms with Crippen molar-refractivity contribution in [1.29, 1.82) is 0 Å². The van der Waals surface area contributed by atoms with Crippen LogP contribution in [0.1, 0.15) is 31.8 Å². The molecular weight excluding hydrogens is 496 g/mol. The topological polar surface area (TPSA) is 97.1 Å². The van der Waals surface area contributed by atoms with E-state index in [0.717, 1.165) is 32.3 Å². The molecule has 0 unspecified atom stereocenters. The van der Waals surface area contributed by atoms with Gasteiger partial charge in [-0.1, -0.05) is 59.8 Å². The van der Waals surface area contributed by atoms with Gasteiger partial charge in [0, 0.05) is 11.4 Å². The SMILES string of the molecule is O=C(O)c1ccc(CNC(=O)c2cc(-c3cccs3)cc3nnn(Cc4ccc5ccccc5c4)c23)cc1. The molecule has 0 spiro atoms. The number of aromatic nitrogens is 3. The summed E-state index contributed by atoms with van der Waals surface area (Å²) in [6, 6.07) is 28.8. The van der Waals surface area contributed by atoms with E-state index in [9.17, 15) is 9.59 Å². The highest BCUT2D eigenvalue weighted by atomic mass is 32.1. The summed E-state index contributed by atoms with van der Waals surface area (Å²) < 4.78 is 1.77. The van der Waals surface area contributed by atoms with E-state index >= 15 is 0 Å². The smallest absolute Gasteiger partial charge is 0.335 e. The molecule has 0 bridgehead atoms. The normalized spacial score (nSPS) is 11.2. The number of carboxylic acid groups (broad SMARTS) is 1. The van der Waals surface area contributed by atoms with Gasteiger partial charge in [-0.15, -0.1) is 16.4 Å². The zero-order chi connectivity index (χ0) is 26.1. The molecule has 0 fully saturated rings. The van der Waals surface area contributed by atoms with Crippen molar-refractivity contribution in [2.24, 2.45) is 0 Å². The molecule has 8 heteroatoms. The number of hydrogen-bond acceptors (Lipinski definition) is 5. The lowest BCUT2D eigenvalue weighted by Crippen LogP contribution is -2.24. The monoisotopic (exact) mass is 518 g/mol. The van der Waals surface area contributed by atoms with Crippen LogP contribution in [0.15, 0.2) is 96.4 Å². The van der Waals surface area contributed by atoms with Gasteiger partial charge in [-0.05, 0) is 69.2 Å². The van der Waals surface area contributed by atoms with E-state index in [-0.39, 0.29) is 18.0 Å². The molecule has 0 saturated carbocycles. The number of benzene rings is 4. The Kier molecular flexibility index (Phi) is 6.15. The van der Waals surface area contributed by atoms with Gasteiger partial charge in [0.2, 0.25) is 0 Å². The minimum absolute atomic E-state index is 0.203. The maximum absolute atomic E-state index is 13.5. The predicted octanol–water partition coefficient (Wildman–Crippen LogP) is 5.99. The Bertz CT molecular complexity index is 1790. The Morgan fingerprint density at radius 2 is 1.66 bits per heavy atom. The van der Waals surface area contributed by atoms with E-state index in [1.54, 1.807) is 28.2 Å². The van der Waals surface area contributed by atoms with Gasteiger partial charge < -0.3 is 10.4 Å². The number of hydrogen-bond donors (Lipinski definition) is 2. The van der Waals surface area contributed by atoms with Crippen molar-refractivity contribution < 1.29 is 14.7 Å². The third kappa shape index (κ3) is 4.65. The van der Waals surface area contributed by atoms with Crippen LogP contribution in [0.2, 0.25) is 0 Å². The number of amides is 1. The fraction of sp³-hybridized carbons (Fsp3) is 0.0667. The lowest BCUT2D eigenvalue weighted by atomic mass is 10.0. The van der Waals surface area contributed by atoms with Gasteiger partial charge in [0.1, 0.15) is 11.0 Å². The number of nitrogens with zero attached hydrogens (tertiary/aromatic N) is 3. The minimum Gasteiger partial charge on any atom is -0.478 e. The van der Waals surface area contributed by atoms with Crippen molar-refractivity contribution in [3.8, 4) is 10.4 Å². The first-order valence-electron chi connectivity index (χ1n) is 12.0. The van der Waals surface area contributed by atoms with Gasteiger partial charge in [-0.2, -0.15) is 0 Å². The number of thiophene rings is 1. The van der Waals surface area contributed by atoms with Crippen molar-refractivity contribution in [2.75, 3.05) is 0 Å². The molecule has 38 heavy (non-hydrogen) atoms. The van der Waals surface area contributed by atoms with Crippen LogP contribution in [-0.4, -0.2) is 32.0 Å². The summed E-state index contributed by atoms with van der Waals surface area (Å²) >= 11 is 1.59. The van der Waals surface area contributed by atoms with E-state index in [4.69, 9.17) is 5.11 Å². The van der Waals surface area contributed by atoms with E-state index in [1.165, 1.54) is 12.1 Å². The summed E-state index contributed by atoms with van der Waals surface area (Å²) in [4.78, 5) is 25.7. The molecule has 2 aromatic heterocycles. The quantitative estimate of drug-likeness (QED) is 0.271. The van der Waals surface area contributed by atoms with Gasteiger partial charge in [-0.3, -0.25) is 4.79 Å². The first-order chi connectivity index (χ1) is 18.5. The molecule has 0 aliphatic heterocycles. The van der Waals surface area contributed by atoms with Crippen LogP contribution in [0.5, 0.6) is 0 Å². The third-order valence-corrected chi connectivity index (χ3v) is 7.38. The number of nitrogens with one attached hydrogen (secondary N) is 1. The number of fused-ring (bicyclic) bond motifs is 2. The molecule has 0 aliphatic rings. The molecule has 1 amide bonds. The molecule has 0 radical (unpaired) electrons. The van der Waals surface area contributed by atoms with Gasteiger partial charge in [0.15, 0.2) is 0 Å². The van der Waals surface area contributed by atoms with E-state index < -0.39 is 5.97 Å². The second-order valence-electron chi connectivity index (χ2n) is 8.98. The standard InChI is InChI=1S/C30H22N4O3S/c35-29(31-17-19-7-11-22(12-8-19)30(36)37)25-15-24(27-6-3-13-38-27)16-26-28(25)34(33-32-26)18-20-9-10-21-4-1-2-5-23(21)14-20/h1-16H,17-18H2,(H,31,35)(H,36,37). The van der Waals surface area contributed by atoms with Crippen LogP contribution in [0.3, 0.4) is 0 Å². The fourth-order valence-corrected chi connectivity index (χ4v) is 5.25. The van der Waals surface area contributed by atoms with Gasteiger partial charge in [-0.25, -0.2) is 9.48 Å². The van der Waals surface area contributed by atoms with Gasteiger partial charge in [0.05, 0.1) is 17.7 Å². The fourth-order valence-electron chi connectivity index (χ4n) is 4.54. The van der Waals surface area contributed by atoms with Crippen molar-refractivity contribution in [1.82, 2.24) is 20.3 Å². The zero-order valence-electron chi connectivity index (χ0n) is 20.2. The van der Waals surface area contributed by atoms with E-state index in [0.29, 0.717) is 23.1 Å². The van der Waals surface area contributed by atoms with E-state index in [2.05, 4.69) is 46.0 Å². The van der Waals surface area contributed by atoms with Crippen molar-refractivity contribution in [2.45, 2.75) is 13.1 Å². The minimum atomic E-state index is -0.986. The molecule has 0 aliphatic carbocycles. The second-order valence-corrected chi connectivity index (χ2v) is 9.93. The van der Waals surface area contributed by atoms with Crippen molar-refractivity contribution in [3.63, 3.8) is 0 Å². The number of carbonyl (C=O) groups is 2. The summed E-state index contributed by atoms with van der Waals surface area (Å²) in [5.74, 6) is -1.24. The average molecular weight is 519 g/mol. The average Bonchev–Trinajstić information content (AvgIpc) is 3.62. The molecule has 7 nitrogen and oxygen atoms in total. The maximum atomic E-state index is 13.5. The van der Waals surface area contributed by atoms with Crippen LogP contribution >= 0.6 is 11.3 Å². The highest BCUT2D eigenvalue weighted by Crippen LogP contribution is 2.30. The maximum Gasteiger partial charge on any atom is 0.335 e. The van der Waals surface area contributed by atoms with Gasteiger partial charge >= 0.3 is 5.97 Å². The molecule has 2 heterocycles. The summed E-state index contributed by atoms with van der Waals surface area (Å²) in [6.45, 7) is 0.728. The third-order valence-electron chi connectivity index (χ3n) is 6.46. The lowest BCUT2D eigenvalue weighted by Gasteiger charge is -2.11. The van der Waals surface area contributed by atoms with Crippen LogP contribution in [0.25, 0.3) is 32.2 Å². The Labute approximate surface area is 222 Å². The number of rotatable bonds is 7. The zero-order valence-corrected chi connectivity index (χ0v) is 21.0. The number of aromatic carboxylic acids is 1.